The average Bonchev–Trinajstić information content (AvgIpc) is 2.88. The molecular formula is C16H13ClFNO. The summed E-state index contributed by atoms with van der Waals surface area (Å²) in [5.74, 6) is 0.228. The van der Waals surface area contributed by atoms with Gasteiger partial charge in [-0.2, -0.15) is 0 Å². The highest BCUT2D eigenvalue weighted by Gasteiger charge is 2.15. The number of furan rings is 1. The van der Waals surface area contributed by atoms with Crippen LogP contribution in [0, 0.1) is 5.82 Å². The van der Waals surface area contributed by atoms with Gasteiger partial charge in [0, 0.05) is 5.39 Å². The first-order chi connectivity index (χ1) is 9.65. The van der Waals surface area contributed by atoms with E-state index in [0.29, 0.717) is 17.7 Å². The van der Waals surface area contributed by atoms with Gasteiger partial charge in [0.1, 0.15) is 17.2 Å². The molecule has 0 aliphatic carbocycles. The van der Waals surface area contributed by atoms with Gasteiger partial charge >= 0.3 is 0 Å². The number of benzene rings is 2. The second-order valence-corrected chi connectivity index (χ2v) is 5.12. The smallest absolute Gasteiger partial charge is 0.145 e. The van der Waals surface area contributed by atoms with Gasteiger partial charge in [-0.25, -0.2) is 4.39 Å². The summed E-state index contributed by atoms with van der Waals surface area (Å²) in [5, 5.41) is 1.10. The third-order valence-electron chi connectivity index (χ3n) is 3.28. The predicted octanol–water partition coefficient (Wildman–Crippen LogP) is 4.47. The number of hydrogen-bond acceptors (Lipinski definition) is 2. The standard InChI is InChI=1S/C16H13ClFNO/c17-12-6-3-5-11(16(12)18)8-13(19)15-9-10-4-1-2-7-14(10)20-15/h1-7,9,13H,8,19H2. The Morgan fingerprint density at radius 1 is 1.15 bits per heavy atom. The van der Waals surface area contributed by atoms with Gasteiger partial charge < -0.3 is 10.2 Å². The van der Waals surface area contributed by atoms with E-state index < -0.39 is 11.9 Å². The molecule has 0 aliphatic rings. The van der Waals surface area contributed by atoms with E-state index in [1.165, 1.54) is 6.07 Å². The molecule has 2 nitrogen and oxygen atoms in total. The molecule has 1 atom stereocenters. The van der Waals surface area contributed by atoms with Crippen LogP contribution < -0.4 is 5.73 Å². The lowest BCUT2D eigenvalue weighted by molar-refractivity contribution is 0.487. The minimum absolute atomic E-state index is 0.110. The van der Waals surface area contributed by atoms with Crippen molar-refractivity contribution in [3.63, 3.8) is 0 Å². The minimum atomic E-state index is -0.416. The van der Waals surface area contributed by atoms with Crippen molar-refractivity contribution in [2.45, 2.75) is 12.5 Å². The summed E-state index contributed by atoms with van der Waals surface area (Å²) in [6.45, 7) is 0. The summed E-state index contributed by atoms with van der Waals surface area (Å²) in [6, 6.07) is 14.1. The molecule has 0 amide bonds. The number of para-hydroxylation sites is 1. The van der Waals surface area contributed by atoms with E-state index in [9.17, 15) is 4.39 Å². The molecule has 2 aromatic carbocycles. The lowest BCUT2D eigenvalue weighted by atomic mass is 10.0. The van der Waals surface area contributed by atoms with Gasteiger partial charge in [-0.1, -0.05) is 41.9 Å². The van der Waals surface area contributed by atoms with E-state index in [0.717, 1.165) is 11.0 Å². The second-order valence-electron chi connectivity index (χ2n) is 4.71. The monoisotopic (exact) mass is 289 g/mol. The maximum absolute atomic E-state index is 13.9. The van der Waals surface area contributed by atoms with Crippen LogP contribution in [-0.4, -0.2) is 0 Å². The van der Waals surface area contributed by atoms with Crippen molar-refractivity contribution >= 4 is 22.6 Å². The van der Waals surface area contributed by atoms with Crippen molar-refractivity contribution in [1.82, 2.24) is 0 Å². The Balaban J connectivity index is 1.89. The molecule has 3 rings (SSSR count). The van der Waals surface area contributed by atoms with Crippen molar-refractivity contribution in [3.05, 3.63) is 70.7 Å². The topological polar surface area (TPSA) is 39.2 Å². The van der Waals surface area contributed by atoms with Crippen molar-refractivity contribution < 1.29 is 8.81 Å². The summed E-state index contributed by atoms with van der Waals surface area (Å²) in [7, 11) is 0. The fourth-order valence-electron chi connectivity index (χ4n) is 2.23. The molecule has 102 valence electrons. The predicted molar refractivity (Wildman–Crippen MR) is 78.3 cm³/mol. The SMILES string of the molecule is NC(Cc1cccc(Cl)c1F)c1cc2ccccc2o1. The molecule has 0 bridgehead atoms. The molecule has 4 heteroatoms. The Morgan fingerprint density at radius 2 is 1.95 bits per heavy atom. The molecule has 1 unspecified atom stereocenters. The Hall–Kier alpha value is -1.84. The zero-order chi connectivity index (χ0) is 14.1. The van der Waals surface area contributed by atoms with Crippen LogP contribution in [0.2, 0.25) is 5.02 Å². The first kappa shape index (κ1) is 13.2. The Labute approximate surface area is 121 Å². The summed E-state index contributed by atoms with van der Waals surface area (Å²) in [5.41, 5.74) is 7.38. The molecule has 0 radical (unpaired) electrons. The van der Waals surface area contributed by atoms with E-state index in [-0.39, 0.29) is 5.02 Å². The zero-order valence-corrected chi connectivity index (χ0v) is 11.4. The summed E-state index contributed by atoms with van der Waals surface area (Å²) < 4.78 is 19.6. The fraction of sp³-hybridized carbons (Fsp3) is 0.125. The summed E-state index contributed by atoms with van der Waals surface area (Å²) in [6.07, 6.45) is 0.339. The Bertz CT molecular complexity index is 720. The first-order valence-corrected chi connectivity index (χ1v) is 6.70. The normalized spacial score (nSPS) is 12.8. The van der Waals surface area contributed by atoms with Crippen molar-refractivity contribution in [3.8, 4) is 0 Å². The van der Waals surface area contributed by atoms with Gasteiger partial charge in [0.25, 0.3) is 0 Å². The third kappa shape index (κ3) is 2.42. The van der Waals surface area contributed by atoms with E-state index in [2.05, 4.69) is 0 Å². The highest BCUT2D eigenvalue weighted by molar-refractivity contribution is 6.30. The van der Waals surface area contributed by atoms with E-state index >= 15 is 0 Å². The third-order valence-corrected chi connectivity index (χ3v) is 3.57. The van der Waals surface area contributed by atoms with Gasteiger partial charge in [0.15, 0.2) is 0 Å². The molecule has 1 heterocycles. The van der Waals surface area contributed by atoms with Crippen LogP contribution in [-0.2, 0) is 6.42 Å². The van der Waals surface area contributed by atoms with Gasteiger partial charge in [-0.3, -0.25) is 0 Å². The number of nitrogens with two attached hydrogens (primary N) is 1. The molecule has 0 fully saturated rings. The maximum Gasteiger partial charge on any atom is 0.145 e. The zero-order valence-electron chi connectivity index (χ0n) is 10.6. The van der Waals surface area contributed by atoms with Gasteiger partial charge in [0.2, 0.25) is 0 Å². The van der Waals surface area contributed by atoms with Crippen LogP contribution in [0.15, 0.2) is 52.9 Å². The van der Waals surface area contributed by atoms with Crippen LogP contribution in [0.5, 0.6) is 0 Å². The minimum Gasteiger partial charge on any atom is -0.459 e. The molecule has 0 saturated carbocycles. The highest BCUT2D eigenvalue weighted by atomic mass is 35.5. The van der Waals surface area contributed by atoms with Crippen LogP contribution >= 0.6 is 11.6 Å². The summed E-state index contributed by atoms with van der Waals surface area (Å²) in [4.78, 5) is 0. The highest BCUT2D eigenvalue weighted by Crippen LogP contribution is 2.26. The van der Waals surface area contributed by atoms with E-state index in [1.54, 1.807) is 12.1 Å². The van der Waals surface area contributed by atoms with Crippen LogP contribution in [0.4, 0.5) is 4.39 Å². The fourth-order valence-corrected chi connectivity index (χ4v) is 2.42. The first-order valence-electron chi connectivity index (χ1n) is 6.32. The molecule has 3 aromatic rings. The number of rotatable bonds is 3. The number of hydrogen-bond donors (Lipinski definition) is 1. The van der Waals surface area contributed by atoms with Gasteiger partial charge in [-0.15, -0.1) is 0 Å². The molecule has 0 spiro atoms. The lowest BCUT2D eigenvalue weighted by Crippen LogP contribution is -2.13. The molecular weight excluding hydrogens is 277 g/mol. The van der Waals surface area contributed by atoms with Crippen LogP contribution in [0.3, 0.4) is 0 Å². The Morgan fingerprint density at radius 3 is 2.75 bits per heavy atom. The van der Waals surface area contributed by atoms with Gasteiger partial charge in [0.05, 0.1) is 11.1 Å². The number of halogens is 2. The van der Waals surface area contributed by atoms with Crippen LogP contribution in [0.1, 0.15) is 17.4 Å². The quantitative estimate of drug-likeness (QED) is 0.773. The maximum atomic E-state index is 13.9. The molecule has 2 N–H and O–H groups in total. The second kappa shape index (κ2) is 5.27. The summed E-state index contributed by atoms with van der Waals surface area (Å²) >= 11 is 5.77. The Kier molecular flexibility index (Phi) is 3.47. The lowest BCUT2D eigenvalue weighted by Gasteiger charge is -2.10. The molecule has 0 saturated heterocycles. The van der Waals surface area contributed by atoms with Crippen molar-refractivity contribution in [2.75, 3.05) is 0 Å². The number of fused-ring (bicyclic) bond motifs is 1. The molecule has 1 aromatic heterocycles. The van der Waals surface area contributed by atoms with Gasteiger partial charge in [-0.05, 0) is 30.2 Å². The van der Waals surface area contributed by atoms with Crippen molar-refractivity contribution in [2.24, 2.45) is 5.73 Å². The van der Waals surface area contributed by atoms with E-state index in [4.69, 9.17) is 21.8 Å². The largest absolute Gasteiger partial charge is 0.459 e. The van der Waals surface area contributed by atoms with Crippen LogP contribution in [0.25, 0.3) is 11.0 Å². The van der Waals surface area contributed by atoms with E-state index in [1.807, 2.05) is 30.3 Å². The molecule has 20 heavy (non-hydrogen) atoms. The van der Waals surface area contributed by atoms with Crippen molar-refractivity contribution in [1.29, 1.82) is 0 Å². The average molecular weight is 290 g/mol. The molecule has 0 aliphatic heterocycles.